The summed E-state index contributed by atoms with van der Waals surface area (Å²) in [6.07, 6.45) is 2.26. The van der Waals surface area contributed by atoms with Gasteiger partial charge in [-0.15, -0.1) is 0 Å². The maximum Gasteiger partial charge on any atom is 0.123 e. The van der Waals surface area contributed by atoms with Gasteiger partial charge in [-0.3, -0.25) is 0 Å². The zero-order chi connectivity index (χ0) is 11.3. The first kappa shape index (κ1) is 9.71. The molecule has 0 unspecified atom stereocenters. The topological polar surface area (TPSA) is 20.2 Å². The summed E-state index contributed by atoms with van der Waals surface area (Å²) in [5, 5.41) is 12.0. The molecule has 0 saturated heterocycles. The minimum absolute atomic E-state index is 0.370. The maximum atomic E-state index is 9.83. The average molecular weight is 212 g/mol. The highest BCUT2D eigenvalue weighted by atomic mass is 16.3. The highest BCUT2D eigenvalue weighted by Crippen LogP contribution is 2.39. The van der Waals surface area contributed by atoms with Crippen LogP contribution in [0.5, 0.6) is 5.75 Å². The Bertz CT molecular complexity index is 567. The van der Waals surface area contributed by atoms with Crippen LogP contribution in [0.1, 0.15) is 25.0 Å². The van der Waals surface area contributed by atoms with Crippen LogP contribution in [-0.4, -0.2) is 5.11 Å². The fourth-order valence-corrected chi connectivity index (χ4v) is 2.82. The number of fused-ring (bicyclic) bond motifs is 2. The van der Waals surface area contributed by atoms with Crippen molar-refractivity contribution in [3.63, 3.8) is 0 Å². The molecule has 82 valence electrons. The third-order valence-corrected chi connectivity index (χ3v) is 3.52. The van der Waals surface area contributed by atoms with Gasteiger partial charge in [0, 0.05) is 5.39 Å². The SMILES string of the molecule is CC1(C)Cc2cc3cccc(O)c3cc2C1. The van der Waals surface area contributed by atoms with Gasteiger partial charge in [0.15, 0.2) is 0 Å². The molecule has 0 radical (unpaired) electrons. The van der Waals surface area contributed by atoms with Crippen LogP contribution < -0.4 is 0 Å². The van der Waals surface area contributed by atoms with Crippen molar-refractivity contribution in [2.75, 3.05) is 0 Å². The van der Waals surface area contributed by atoms with Crippen molar-refractivity contribution in [3.05, 3.63) is 41.5 Å². The standard InChI is InChI=1S/C15H16O/c1-15(2)8-11-6-10-4-3-5-14(16)13(10)7-12(11)9-15/h3-7,16H,8-9H2,1-2H3. The van der Waals surface area contributed by atoms with E-state index in [-0.39, 0.29) is 0 Å². The third-order valence-electron chi connectivity index (χ3n) is 3.52. The highest BCUT2D eigenvalue weighted by Gasteiger charge is 2.28. The monoisotopic (exact) mass is 212 g/mol. The van der Waals surface area contributed by atoms with Crippen molar-refractivity contribution in [3.8, 4) is 5.75 Å². The zero-order valence-electron chi connectivity index (χ0n) is 9.75. The summed E-state index contributed by atoms with van der Waals surface area (Å²) < 4.78 is 0. The molecule has 0 fully saturated rings. The quantitative estimate of drug-likeness (QED) is 0.706. The molecule has 1 heteroatoms. The fraction of sp³-hybridized carbons (Fsp3) is 0.333. The van der Waals surface area contributed by atoms with E-state index in [1.165, 1.54) is 11.1 Å². The molecule has 2 aromatic carbocycles. The van der Waals surface area contributed by atoms with Crippen LogP contribution in [0.4, 0.5) is 0 Å². The molecule has 1 aliphatic rings. The Labute approximate surface area is 95.7 Å². The van der Waals surface area contributed by atoms with E-state index in [1.807, 2.05) is 6.07 Å². The van der Waals surface area contributed by atoms with Gasteiger partial charge in [-0.1, -0.05) is 32.0 Å². The number of hydrogen-bond acceptors (Lipinski definition) is 1. The zero-order valence-corrected chi connectivity index (χ0v) is 9.75. The summed E-state index contributed by atoms with van der Waals surface area (Å²) in [6.45, 7) is 4.61. The van der Waals surface area contributed by atoms with Crippen LogP contribution >= 0.6 is 0 Å². The smallest absolute Gasteiger partial charge is 0.123 e. The summed E-state index contributed by atoms with van der Waals surface area (Å²) >= 11 is 0. The van der Waals surface area contributed by atoms with Gasteiger partial charge in [0.2, 0.25) is 0 Å². The molecule has 0 aliphatic heterocycles. The van der Waals surface area contributed by atoms with E-state index in [2.05, 4.69) is 32.0 Å². The third kappa shape index (κ3) is 1.39. The predicted molar refractivity (Wildman–Crippen MR) is 66.8 cm³/mol. The van der Waals surface area contributed by atoms with Gasteiger partial charge in [0.25, 0.3) is 0 Å². The van der Waals surface area contributed by atoms with Crippen LogP contribution in [0.25, 0.3) is 10.8 Å². The first-order valence-corrected chi connectivity index (χ1v) is 5.79. The van der Waals surface area contributed by atoms with E-state index in [9.17, 15) is 5.11 Å². The van der Waals surface area contributed by atoms with Crippen molar-refractivity contribution < 1.29 is 5.11 Å². The molecular weight excluding hydrogens is 196 g/mol. The normalized spacial score (nSPS) is 17.6. The summed E-state index contributed by atoms with van der Waals surface area (Å²) in [6, 6.07) is 10.1. The second-order valence-corrected chi connectivity index (χ2v) is 5.64. The van der Waals surface area contributed by atoms with E-state index >= 15 is 0 Å². The molecule has 2 aromatic rings. The Morgan fingerprint density at radius 1 is 1.06 bits per heavy atom. The van der Waals surface area contributed by atoms with Gasteiger partial charge >= 0.3 is 0 Å². The van der Waals surface area contributed by atoms with Crippen molar-refractivity contribution in [2.24, 2.45) is 5.41 Å². The van der Waals surface area contributed by atoms with Crippen LogP contribution in [0.15, 0.2) is 30.3 Å². The van der Waals surface area contributed by atoms with Crippen LogP contribution in [0, 0.1) is 5.41 Å². The molecular formula is C15H16O. The van der Waals surface area contributed by atoms with Gasteiger partial charge in [0.1, 0.15) is 5.75 Å². The first-order chi connectivity index (χ1) is 7.55. The molecule has 0 saturated carbocycles. The predicted octanol–water partition coefficient (Wildman–Crippen LogP) is 3.67. The molecule has 0 bridgehead atoms. The Balaban J connectivity index is 2.26. The first-order valence-electron chi connectivity index (χ1n) is 5.79. The van der Waals surface area contributed by atoms with E-state index < -0.39 is 0 Å². The van der Waals surface area contributed by atoms with Crippen molar-refractivity contribution in [1.82, 2.24) is 0 Å². The molecule has 1 N–H and O–H groups in total. The van der Waals surface area contributed by atoms with Crippen molar-refractivity contribution in [1.29, 1.82) is 0 Å². The fourth-order valence-electron chi connectivity index (χ4n) is 2.82. The maximum absolute atomic E-state index is 9.83. The molecule has 0 atom stereocenters. The summed E-state index contributed by atoms with van der Waals surface area (Å²) in [4.78, 5) is 0. The molecule has 3 rings (SSSR count). The summed E-state index contributed by atoms with van der Waals surface area (Å²) in [7, 11) is 0. The Morgan fingerprint density at radius 2 is 1.75 bits per heavy atom. The second-order valence-electron chi connectivity index (χ2n) is 5.64. The Hall–Kier alpha value is -1.50. The molecule has 0 spiro atoms. The van der Waals surface area contributed by atoms with Gasteiger partial charge in [-0.25, -0.2) is 0 Å². The van der Waals surface area contributed by atoms with Crippen molar-refractivity contribution >= 4 is 10.8 Å². The lowest BCUT2D eigenvalue weighted by Gasteiger charge is -2.14. The number of aromatic hydroxyl groups is 1. The molecule has 0 aromatic heterocycles. The number of phenols is 1. The van der Waals surface area contributed by atoms with E-state index in [0.717, 1.165) is 23.6 Å². The number of phenolic OH excluding ortho intramolecular Hbond substituents is 1. The minimum Gasteiger partial charge on any atom is -0.507 e. The molecule has 1 aliphatic carbocycles. The largest absolute Gasteiger partial charge is 0.507 e. The van der Waals surface area contributed by atoms with Crippen LogP contribution in [0.2, 0.25) is 0 Å². The van der Waals surface area contributed by atoms with Gasteiger partial charge in [0.05, 0.1) is 0 Å². The molecule has 0 heterocycles. The Morgan fingerprint density at radius 3 is 2.50 bits per heavy atom. The van der Waals surface area contributed by atoms with E-state index in [4.69, 9.17) is 0 Å². The summed E-state index contributed by atoms with van der Waals surface area (Å²) in [5.41, 5.74) is 3.22. The lowest BCUT2D eigenvalue weighted by atomic mass is 9.90. The number of rotatable bonds is 0. The lowest BCUT2D eigenvalue weighted by molar-refractivity contribution is 0.392. The summed E-state index contributed by atoms with van der Waals surface area (Å²) in [5.74, 6) is 0.394. The lowest BCUT2D eigenvalue weighted by Crippen LogP contribution is -2.09. The minimum atomic E-state index is 0.370. The average Bonchev–Trinajstić information content (AvgIpc) is 2.48. The molecule has 0 amide bonds. The van der Waals surface area contributed by atoms with E-state index in [1.54, 1.807) is 6.07 Å². The highest BCUT2D eigenvalue weighted by molar-refractivity contribution is 5.89. The van der Waals surface area contributed by atoms with E-state index in [0.29, 0.717) is 11.2 Å². The Kier molecular flexibility index (Phi) is 1.82. The second kappa shape index (κ2) is 3.00. The molecule has 16 heavy (non-hydrogen) atoms. The van der Waals surface area contributed by atoms with Crippen molar-refractivity contribution in [2.45, 2.75) is 26.7 Å². The number of benzene rings is 2. The van der Waals surface area contributed by atoms with Gasteiger partial charge in [-0.2, -0.15) is 0 Å². The molecule has 1 nitrogen and oxygen atoms in total. The van der Waals surface area contributed by atoms with Gasteiger partial charge in [-0.05, 0) is 46.9 Å². The van der Waals surface area contributed by atoms with Crippen LogP contribution in [-0.2, 0) is 12.8 Å². The number of hydrogen-bond donors (Lipinski definition) is 1. The van der Waals surface area contributed by atoms with Crippen LogP contribution in [0.3, 0.4) is 0 Å². The van der Waals surface area contributed by atoms with Gasteiger partial charge < -0.3 is 5.11 Å².